The minimum Gasteiger partial charge on any atom is -0.353 e. The fourth-order valence-electron chi connectivity index (χ4n) is 3.42. The number of imidazole rings is 1. The highest BCUT2D eigenvalue weighted by Gasteiger charge is 2.28. The van der Waals surface area contributed by atoms with Crippen LogP contribution in [0.4, 0.5) is 0 Å². The average Bonchev–Trinajstić information content (AvgIpc) is 2.88. The van der Waals surface area contributed by atoms with Gasteiger partial charge in [0, 0.05) is 24.5 Å². The van der Waals surface area contributed by atoms with Crippen molar-refractivity contribution in [3.8, 4) is 0 Å². The van der Waals surface area contributed by atoms with Crippen LogP contribution in [-0.4, -0.2) is 21.5 Å². The third kappa shape index (κ3) is 2.67. The summed E-state index contributed by atoms with van der Waals surface area (Å²) in [5.74, 6) is 0.999. The Bertz CT molecular complexity index is 454. The molecule has 0 aromatic carbocycles. The first-order chi connectivity index (χ1) is 9.24. The van der Waals surface area contributed by atoms with E-state index in [2.05, 4.69) is 21.8 Å². The van der Waals surface area contributed by atoms with Crippen LogP contribution < -0.4 is 5.32 Å². The summed E-state index contributed by atoms with van der Waals surface area (Å²) in [5.41, 5.74) is 1.26. The molecule has 19 heavy (non-hydrogen) atoms. The summed E-state index contributed by atoms with van der Waals surface area (Å²) in [6.45, 7) is 3.06. The van der Waals surface area contributed by atoms with E-state index in [0.717, 1.165) is 25.8 Å². The Kier molecular flexibility index (Phi) is 3.58. The number of hydrogen-bond acceptors (Lipinski definition) is 2. The Morgan fingerprint density at radius 2 is 2.21 bits per heavy atom. The number of aryl methyl sites for hydroxylation is 1. The fraction of sp³-hybridized carbons (Fsp3) is 0.733. The van der Waals surface area contributed by atoms with E-state index in [9.17, 15) is 4.79 Å². The van der Waals surface area contributed by atoms with Gasteiger partial charge < -0.3 is 9.88 Å². The van der Waals surface area contributed by atoms with Gasteiger partial charge in [0.25, 0.3) is 0 Å². The first-order valence-corrected chi connectivity index (χ1v) is 7.53. The van der Waals surface area contributed by atoms with Crippen molar-refractivity contribution < 1.29 is 4.79 Å². The highest BCUT2D eigenvalue weighted by molar-refractivity contribution is 5.79. The predicted octanol–water partition coefficient (Wildman–Crippen LogP) is 2.14. The van der Waals surface area contributed by atoms with Gasteiger partial charge in [-0.3, -0.25) is 4.79 Å². The van der Waals surface area contributed by atoms with E-state index >= 15 is 0 Å². The number of nitrogens with zero attached hydrogens (tertiary/aromatic N) is 2. The smallest absolute Gasteiger partial charge is 0.225 e. The minimum atomic E-state index is 0.121. The Morgan fingerprint density at radius 1 is 1.37 bits per heavy atom. The van der Waals surface area contributed by atoms with Crippen LogP contribution in [0.15, 0.2) is 12.5 Å². The summed E-state index contributed by atoms with van der Waals surface area (Å²) in [7, 11) is 0. The molecule has 1 aliphatic heterocycles. The Hall–Kier alpha value is -1.32. The molecule has 1 aromatic heterocycles. The summed E-state index contributed by atoms with van der Waals surface area (Å²) < 4.78 is 2.12. The van der Waals surface area contributed by atoms with E-state index in [1.807, 2.05) is 12.5 Å². The summed E-state index contributed by atoms with van der Waals surface area (Å²) in [4.78, 5) is 16.6. The highest BCUT2D eigenvalue weighted by atomic mass is 16.2. The summed E-state index contributed by atoms with van der Waals surface area (Å²) in [6, 6.07) is 0.394. The van der Waals surface area contributed by atoms with Gasteiger partial charge in [-0.2, -0.15) is 0 Å². The molecule has 1 aliphatic carbocycles. The average molecular weight is 261 g/mol. The maximum Gasteiger partial charge on any atom is 0.225 e. The Morgan fingerprint density at radius 3 is 3.05 bits per heavy atom. The van der Waals surface area contributed by atoms with Crippen LogP contribution in [0.2, 0.25) is 0 Å². The van der Waals surface area contributed by atoms with Crippen molar-refractivity contribution in [2.45, 2.75) is 58.0 Å². The highest BCUT2D eigenvalue weighted by Crippen LogP contribution is 2.25. The van der Waals surface area contributed by atoms with E-state index in [1.54, 1.807) is 0 Å². The lowest BCUT2D eigenvalue weighted by atomic mass is 9.85. The van der Waals surface area contributed by atoms with E-state index < -0.39 is 0 Å². The molecule has 1 fully saturated rings. The molecule has 4 nitrogen and oxygen atoms in total. The van der Waals surface area contributed by atoms with Crippen molar-refractivity contribution in [2.24, 2.45) is 11.8 Å². The van der Waals surface area contributed by atoms with Crippen molar-refractivity contribution in [1.82, 2.24) is 14.9 Å². The van der Waals surface area contributed by atoms with Gasteiger partial charge in [-0.1, -0.05) is 19.8 Å². The van der Waals surface area contributed by atoms with E-state index in [-0.39, 0.29) is 11.8 Å². The second-order valence-corrected chi connectivity index (χ2v) is 6.15. The van der Waals surface area contributed by atoms with E-state index in [0.29, 0.717) is 12.0 Å². The van der Waals surface area contributed by atoms with Crippen LogP contribution in [0.25, 0.3) is 0 Å². The molecule has 104 valence electrons. The zero-order valence-corrected chi connectivity index (χ0v) is 11.6. The second-order valence-electron chi connectivity index (χ2n) is 6.15. The quantitative estimate of drug-likeness (QED) is 0.886. The third-order valence-corrected chi connectivity index (χ3v) is 4.77. The molecule has 3 rings (SSSR count). The lowest BCUT2D eigenvalue weighted by Gasteiger charge is -2.32. The molecule has 0 bridgehead atoms. The molecule has 2 aliphatic rings. The maximum atomic E-state index is 12.4. The molecule has 1 saturated carbocycles. The normalized spacial score (nSPS) is 30.7. The zero-order valence-electron chi connectivity index (χ0n) is 11.6. The predicted molar refractivity (Wildman–Crippen MR) is 73.6 cm³/mol. The molecule has 0 unspecified atom stereocenters. The van der Waals surface area contributed by atoms with Crippen LogP contribution in [0.1, 0.15) is 44.7 Å². The number of carbonyl (C=O) groups is 1. The van der Waals surface area contributed by atoms with Crippen LogP contribution in [0, 0.1) is 11.8 Å². The van der Waals surface area contributed by atoms with E-state index in [4.69, 9.17) is 0 Å². The summed E-state index contributed by atoms with van der Waals surface area (Å²) in [6.07, 6.45) is 10.7. The largest absolute Gasteiger partial charge is 0.353 e. The number of hydrogen-bond donors (Lipinski definition) is 1. The standard InChI is InChI=1S/C15H23N3O/c1-11-4-2-3-5-14(11)17-15(19)12-6-7-13-8-16-10-18(13)9-12/h8,10-12,14H,2-7,9H2,1H3,(H,17,19)/t11-,12+,14+/m1/s1. The van der Waals surface area contributed by atoms with Crippen molar-refractivity contribution in [1.29, 1.82) is 0 Å². The number of nitrogens with one attached hydrogen (secondary N) is 1. The first kappa shape index (κ1) is 12.7. The molecular weight excluding hydrogens is 238 g/mol. The van der Waals surface area contributed by atoms with Gasteiger partial charge in [0.15, 0.2) is 0 Å². The minimum absolute atomic E-state index is 0.121. The maximum absolute atomic E-state index is 12.4. The van der Waals surface area contributed by atoms with Gasteiger partial charge in [-0.25, -0.2) is 4.98 Å². The van der Waals surface area contributed by atoms with Gasteiger partial charge in [0.1, 0.15) is 0 Å². The molecule has 0 radical (unpaired) electrons. The number of carbonyl (C=O) groups excluding carboxylic acids is 1. The van der Waals surface area contributed by atoms with Crippen LogP contribution in [-0.2, 0) is 17.8 Å². The number of aromatic nitrogens is 2. The van der Waals surface area contributed by atoms with Crippen molar-refractivity contribution in [2.75, 3.05) is 0 Å². The summed E-state index contributed by atoms with van der Waals surface area (Å²) in [5, 5.41) is 3.29. The van der Waals surface area contributed by atoms with Crippen molar-refractivity contribution in [3.05, 3.63) is 18.2 Å². The van der Waals surface area contributed by atoms with Gasteiger partial charge in [0.2, 0.25) is 5.91 Å². The van der Waals surface area contributed by atoms with Gasteiger partial charge in [-0.15, -0.1) is 0 Å². The van der Waals surface area contributed by atoms with Gasteiger partial charge in [0.05, 0.1) is 12.2 Å². The lowest BCUT2D eigenvalue weighted by Crippen LogP contribution is -2.45. The van der Waals surface area contributed by atoms with Gasteiger partial charge in [-0.05, 0) is 31.6 Å². The second kappa shape index (κ2) is 5.35. The SMILES string of the molecule is C[C@@H]1CCCC[C@@H]1NC(=O)[C@H]1CCc2cncn2C1. The number of fused-ring (bicyclic) bond motifs is 1. The topological polar surface area (TPSA) is 46.9 Å². The Labute approximate surface area is 114 Å². The third-order valence-electron chi connectivity index (χ3n) is 4.77. The molecule has 4 heteroatoms. The van der Waals surface area contributed by atoms with Crippen LogP contribution in [0.3, 0.4) is 0 Å². The molecule has 3 atom stereocenters. The van der Waals surface area contributed by atoms with Crippen LogP contribution >= 0.6 is 0 Å². The molecule has 0 spiro atoms. The van der Waals surface area contributed by atoms with Gasteiger partial charge >= 0.3 is 0 Å². The fourth-order valence-corrected chi connectivity index (χ4v) is 3.42. The number of rotatable bonds is 2. The Balaban J connectivity index is 1.59. The zero-order chi connectivity index (χ0) is 13.2. The van der Waals surface area contributed by atoms with Crippen molar-refractivity contribution in [3.63, 3.8) is 0 Å². The van der Waals surface area contributed by atoms with Crippen molar-refractivity contribution >= 4 is 5.91 Å². The monoisotopic (exact) mass is 261 g/mol. The molecule has 1 aromatic rings. The molecule has 1 N–H and O–H groups in total. The molecule has 2 heterocycles. The molecule has 0 saturated heterocycles. The van der Waals surface area contributed by atoms with E-state index in [1.165, 1.54) is 25.0 Å². The molecule has 1 amide bonds. The van der Waals surface area contributed by atoms with Crippen LogP contribution in [0.5, 0.6) is 0 Å². The lowest BCUT2D eigenvalue weighted by molar-refractivity contribution is -0.127. The summed E-state index contributed by atoms with van der Waals surface area (Å²) >= 11 is 0. The molecular formula is C15H23N3O. The first-order valence-electron chi connectivity index (χ1n) is 7.53. The number of amides is 1.